The van der Waals surface area contributed by atoms with Gasteiger partial charge in [-0.3, -0.25) is 0 Å². The second kappa shape index (κ2) is 4.73. The Bertz CT molecular complexity index is 973. The third-order valence-corrected chi connectivity index (χ3v) is 3.82. The molecule has 0 fully saturated rings. The summed E-state index contributed by atoms with van der Waals surface area (Å²) >= 11 is 0. The number of methoxy groups -OCH3 is 1. The number of ether oxygens (including phenoxy) is 1. The first-order chi connectivity index (χ1) is 10.8. The highest BCUT2D eigenvalue weighted by atomic mass is 16.5. The minimum absolute atomic E-state index is 0.407. The molecule has 2 aromatic heterocycles. The largest absolute Gasteiger partial charge is 0.497 e. The number of nitrogen functional groups attached to an aromatic ring is 1. The summed E-state index contributed by atoms with van der Waals surface area (Å²) in [6.45, 7) is 0. The number of aromatic nitrogens is 3. The van der Waals surface area contributed by atoms with E-state index >= 15 is 0 Å². The number of para-hydroxylation sites is 1. The Labute approximate surface area is 126 Å². The predicted molar refractivity (Wildman–Crippen MR) is 87.8 cm³/mol. The molecule has 4 aromatic rings. The van der Waals surface area contributed by atoms with Crippen molar-refractivity contribution in [2.75, 3.05) is 12.8 Å². The molecule has 3 N–H and O–H groups in total. The molecule has 0 aliphatic heterocycles. The Kier molecular flexibility index (Phi) is 2.72. The van der Waals surface area contributed by atoms with Crippen molar-refractivity contribution < 1.29 is 4.74 Å². The first kappa shape index (κ1) is 12.6. The molecular formula is C17H14N4O. The molecule has 0 unspecified atom stereocenters. The zero-order valence-corrected chi connectivity index (χ0v) is 12.0. The number of H-pyrrole nitrogens is 1. The monoisotopic (exact) mass is 290 g/mol. The normalized spacial score (nSPS) is 11.1. The van der Waals surface area contributed by atoms with Crippen LogP contribution in [0.2, 0.25) is 0 Å². The number of hydrogen-bond acceptors (Lipinski definition) is 4. The highest BCUT2D eigenvalue weighted by Gasteiger charge is 2.15. The Balaban J connectivity index is 2.04. The quantitative estimate of drug-likeness (QED) is 0.593. The molecule has 2 heterocycles. The van der Waals surface area contributed by atoms with Gasteiger partial charge < -0.3 is 15.5 Å². The van der Waals surface area contributed by atoms with E-state index in [1.54, 1.807) is 7.11 Å². The Morgan fingerprint density at radius 3 is 2.55 bits per heavy atom. The summed E-state index contributed by atoms with van der Waals surface area (Å²) in [6, 6.07) is 15.8. The molecule has 22 heavy (non-hydrogen) atoms. The minimum atomic E-state index is 0.407. The van der Waals surface area contributed by atoms with Gasteiger partial charge in [0, 0.05) is 10.9 Å². The Hall–Kier alpha value is -3.08. The van der Waals surface area contributed by atoms with Gasteiger partial charge in [-0.2, -0.15) is 0 Å². The summed E-state index contributed by atoms with van der Waals surface area (Å²) in [7, 11) is 1.65. The van der Waals surface area contributed by atoms with E-state index in [2.05, 4.69) is 15.2 Å². The molecule has 0 amide bonds. The van der Waals surface area contributed by atoms with Crippen LogP contribution in [0.5, 0.6) is 5.75 Å². The molecule has 0 spiro atoms. The lowest BCUT2D eigenvalue weighted by Gasteiger charge is -2.07. The lowest BCUT2D eigenvalue weighted by Crippen LogP contribution is -1.97. The van der Waals surface area contributed by atoms with Crippen molar-refractivity contribution in [3.05, 3.63) is 48.5 Å². The maximum absolute atomic E-state index is 6.09. The number of fused-ring (bicyclic) bond motifs is 3. The van der Waals surface area contributed by atoms with Crippen LogP contribution in [0.15, 0.2) is 48.5 Å². The van der Waals surface area contributed by atoms with Crippen molar-refractivity contribution in [1.29, 1.82) is 0 Å². The second-order valence-electron chi connectivity index (χ2n) is 5.08. The molecule has 0 saturated carbocycles. The molecular weight excluding hydrogens is 276 g/mol. The van der Waals surface area contributed by atoms with E-state index in [0.717, 1.165) is 38.8 Å². The number of anilines is 1. The van der Waals surface area contributed by atoms with Crippen molar-refractivity contribution in [2.24, 2.45) is 0 Å². The lowest BCUT2D eigenvalue weighted by atomic mass is 10.1. The van der Waals surface area contributed by atoms with Gasteiger partial charge in [-0.25, -0.2) is 0 Å². The topological polar surface area (TPSA) is 76.8 Å². The van der Waals surface area contributed by atoms with E-state index in [9.17, 15) is 0 Å². The summed E-state index contributed by atoms with van der Waals surface area (Å²) < 4.78 is 5.20. The van der Waals surface area contributed by atoms with Gasteiger partial charge in [0.1, 0.15) is 11.3 Å². The molecule has 0 saturated heterocycles. The van der Waals surface area contributed by atoms with E-state index in [1.165, 1.54) is 0 Å². The van der Waals surface area contributed by atoms with Crippen LogP contribution in [0.3, 0.4) is 0 Å². The van der Waals surface area contributed by atoms with Gasteiger partial charge in [-0.15, -0.1) is 10.2 Å². The Morgan fingerprint density at radius 2 is 1.77 bits per heavy atom. The summed E-state index contributed by atoms with van der Waals surface area (Å²) in [4.78, 5) is 3.40. The molecule has 5 nitrogen and oxygen atoms in total. The van der Waals surface area contributed by atoms with Gasteiger partial charge in [0.15, 0.2) is 5.82 Å². The maximum Gasteiger partial charge on any atom is 0.156 e. The molecule has 0 aliphatic carbocycles. The van der Waals surface area contributed by atoms with Crippen LogP contribution in [0, 0.1) is 0 Å². The van der Waals surface area contributed by atoms with Gasteiger partial charge in [-0.05, 0) is 23.8 Å². The van der Waals surface area contributed by atoms with Gasteiger partial charge in [0.2, 0.25) is 0 Å². The molecule has 5 heteroatoms. The van der Waals surface area contributed by atoms with Crippen molar-refractivity contribution in [2.45, 2.75) is 0 Å². The van der Waals surface area contributed by atoms with Crippen LogP contribution in [0.4, 0.5) is 5.82 Å². The number of nitrogens with two attached hydrogens (primary N) is 1. The summed E-state index contributed by atoms with van der Waals surface area (Å²) in [5, 5.41) is 9.42. The SMILES string of the molecule is COc1ccc(-c2c(N)nnc3c2[nH]c2ccccc23)cc1. The van der Waals surface area contributed by atoms with E-state index in [4.69, 9.17) is 10.5 Å². The fourth-order valence-corrected chi connectivity index (χ4v) is 2.74. The van der Waals surface area contributed by atoms with Crippen LogP contribution in [-0.4, -0.2) is 22.3 Å². The van der Waals surface area contributed by atoms with Crippen LogP contribution in [0.1, 0.15) is 0 Å². The number of benzene rings is 2. The maximum atomic E-state index is 6.09. The highest BCUT2D eigenvalue weighted by molar-refractivity contribution is 6.11. The molecule has 4 rings (SSSR count). The van der Waals surface area contributed by atoms with Crippen molar-refractivity contribution in [1.82, 2.24) is 15.2 Å². The molecule has 0 bridgehead atoms. The second-order valence-corrected chi connectivity index (χ2v) is 5.08. The first-order valence-corrected chi connectivity index (χ1v) is 6.95. The molecule has 0 radical (unpaired) electrons. The number of hydrogen-bond donors (Lipinski definition) is 2. The average Bonchev–Trinajstić information content (AvgIpc) is 2.93. The van der Waals surface area contributed by atoms with E-state index < -0.39 is 0 Å². The van der Waals surface area contributed by atoms with Crippen LogP contribution in [0.25, 0.3) is 33.1 Å². The fraction of sp³-hybridized carbons (Fsp3) is 0.0588. The number of aromatic amines is 1. The smallest absolute Gasteiger partial charge is 0.156 e. The molecule has 2 aromatic carbocycles. The first-order valence-electron chi connectivity index (χ1n) is 6.95. The zero-order valence-electron chi connectivity index (χ0n) is 12.0. The predicted octanol–water partition coefficient (Wildman–Crippen LogP) is 3.37. The third-order valence-electron chi connectivity index (χ3n) is 3.82. The van der Waals surface area contributed by atoms with Crippen molar-refractivity contribution in [3.63, 3.8) is 0 Å². The standard InChI is InChI=1S/C17H14N4O/c1-22-11-8-6-10(7-9-11)14-16-15(20-21-17(14)18)12-4-2-3-5-13(12)19-16/h2-9,19H,1H3,(H2,18,21). The number of nitrogens with one attached hydrogen (secondary N) is 1. The van der Waals surface area contributed by atoms with Crippen LogP contribution < -0.4 is 10.5 Å². The average molecular weight is 290 g/mol. The van der Waals surface area contributed by atoms with Gasteiger partial charge in [0.25, 0.3) is 0 Å². The Morgan fingerprint density at radius 1 is 1.00 bits per heavy atom. The summed E-state index contributed by atoms with van der Waals surface area (Å²) in [5.74, 6) is 1.21. The summed E-state index contributed by atoms with van der Waals surface area (Å²) in [6.07, 6.45) is 0. The van der Waals surface area contributed by atoms with Crippen molar-refractivity contribution >= 4 is 27.8 Å². The van der Waals surface area contributed by atoms with Gasteiger partial charge in [-0.1, -0.05) is 30.3 Å². The zero-order chi connectivity index (χ0) is 15.1. The molecule has 108 valence electrons. The van der Waals surface area contributed by atoms with E-state index in [1.807, 2.05) is 48.5 Å². The minimum Gasteiger partial charge on any atom is -0.497 e. The number of rotatable bonds is 2. The van der Waals surface area contributed by atoms with Crippen molar-refractivity contribution in [3.8, 4) is 16.9 Å². The summed E-state index contributed by atoms with van der Waals surface area (Å²) in [5.41, 5.74) is 10.7. The van der Waals surface area contributed by atoms with Gasteiger partial charge in [0.05, 0.1) is 18.2 Å². The van der Waals surface area contributed by atoms with E-state index in [-0.39, 0.29) is 0 Å². The van der Waals surface area contributed by atoms with Crippen LogP contribution in [-0.2, 0) is 0 Å². The highest BCUT2D eigenvalue weighted by Crippen LogP contribution is 2.34. The van der Waals surface area contributed by atoms with Crippen LogP contribution >= 0.6 is 0 Å². The van der Waals surface area contributed by atoms with Gasteiger partial charge >= 0.3 is 0 Å². The third kappa shape index (κ3) is 1.79. The van der Waals surface area contributed by atoms with E-state index in [0.29, 0.717) is 5.82 Å². The molecule has 0 aliphatic rings. The number of nitrogens with zero attached hydrogens (tertiary/aromatic N) is 2. The lowest BCUT2D eigenvalue weighted by molar-refractivity contribution is 0.415. The molecule has 0 atom stereocenters. The fourth-order valence-electron chi connectivity index (χ4n) is 2.74.